The molecule has 0 spiro atoms. The van der Waals surface area contributed by atoms with E-state index in [9.17, 15) is 0 Å². The molecule has 1 aliphatic heterocycles. The average molecular weight is 205 g/mol. The molecule has 0 bridgehead atoms. The maximum absolute atomic E-state index is 5.80. The molecule has 0 radical (unpaired) electrons. The van der Waals surface area contributed by atoms with Crippen molar-refractivity contribution in [3.63, 3.8) is 0 Å². The lowest BCUT2D eigenvalue weighted by molar-refractivity contribution is -0.915. The molecule has 0 aromatic rings. The molecule has 1 heterocycles. The summed E-state index contributed by atoms with van der Waals surface area (Å²) in [6.07, 6.45) is 2.43. The van der Waals surface area contributed by atoms with Crippen molar-refractivity contribution in [2.24, 2.45) is 0 Å². The molecule has 1 fully saturated rings. The standard InChI is InChI=1S/C10H19ClNO/c1-9(13-3)10-5-4-7-12(10,2)8-6-11/h10H,1,4-8H2,2-3H3/q+1/t10-,12?/m0/s1. The van der Waals surface area contributed by atoms with Gasteiger partial charge in [-0.2, -0.15) is 0 Å². The summed E-state index contributed by atoms with van der Waals surface area (Å²) in [5, 5.41) is 0. The Labute approximate surface area is 85.7 Å². The Balaban J connectivity index is 2.67. The van der Waals surface area contributed by atoms with Crippen LogP contribution in [-0.2, 0) is 4.74 Å². The third kappa shape index (κ3) is 2.18. The van der Waals surface area contributed by atoms with E-state index in [1.165, 1.54) is 19.4 Å². The van der Waals surface area contributed by atoms with E-state index in [1.807, 2.05) is 0 Å². The molecule has 1 rings (SSSR count). The minimum Gasteiger partial charge on any atom is -0.495 e. The number of likely N-dealkylation sites (N-methyl/N-ethyl adjacent to an activating group) is 1. The van der Waals surface area contributed by atoms with Crippen LogP contribution in [0.15, 0.2) is 12.3 Å². The van der Waals surface area contributed by atoms with Crippen molar-refractivity contribution in [3.05, 3.63) is 12.3 Å². The van der Waals surface area contributed by atoms with E-state index in [2.05, 4.69) is 13.6 Å². The second-order valence-corrected chi connectivity index (χ2v) is 4.32. The number of hydrogen-bond donors (Lipinski definition) is 0. The fourth-order valence-corrected chi connectivity index (χ4v) is 2.60. The summed E-state index contributed by atoms with van der Waals surface area (Å²) in [5.74, 6) is 1.62. The van der Waals surface area contributed by atoms with Gasteiger partial charge in [0.05, 0.1) is 33.1 Å². The van der Waals surface area contributed by atoms with Gasteiger partial charge in [-0.1, -0.05) is 6.58 Å². The van der Waals surface area contributed by atoms with Gasteiger partial charge >= 0.3 is 0 Å². The molecule has 0 N–H and O–H groups in total. The Kier molecular flexibility index (Phi) is 3.63. The first-order valence-corrected chi connectivity index (χ1v) is 5.30. The van der Waals surface area contributed by atoms with Gasteiger partial charge in [-0.25, -0.2) is 0 Å². The monoisotopic (exact) mass is 204 g/mol. The third-order valence-electron chi connectivity index (χ3n) is 3.13. The Morgan fingerprint density at radius 3 is 2.92 bits per heavy atom. The molecule has 2 nitrogen and oxygen atoms in total. The van der Waals surface area contributed by atoms with E-state index in [-0.39, 0.29) is 0 Å². The third-order valence-corrected chi connectivity index (χ3v) is 3.30. The van der Waals surface area contributed by atoms with Gasteiger partial charge in [-0.05, 0) is 0 Å². The Bertz CT molecular complexity index is 195. The van der Waals surface area contributed by atoms with Crippen molar-refractivity contribution in [3.8, 4) is 0 Å². The summed E-state index contributed by atoms with van der Waals surface area (Å²) < 4.78 is 6.22. The summed E-state index contributed by atoms with van der Waals surface area (Å²) in [5.41, 5.74) is 0. The summed E-state index contributed by atoms with van der Waals surface area (Å²) in [6.45, 7) is 6.15. The van der Waals surface area contributed by atoms with Gasteiger partial charge in [0.15, 0.2) is 0 Å². The van der Waals surface area contributed by atoms with Crippen LogP contribution in [0.25, 0.3) is 0 Å². The highest BCUT2D eigenvalue weighted by Crippen LogP contribution is 2.29. The summed E-state index contributed by atoms with van der Waals surface area (Å²) in [6, 6.07) is 0.448. The highest BCUT2D eigenvalue weighted by Gasteiger charge is 2.39. The zero-order chi connectivity index (χ0) is 9.90. The van der Waals surface area contributed by atoms with Gasteiger partial charge < -0.3 is 9.22 Å². The molecule has 76 valence electrons. The van der Waals surface area contributed by atoms with Crippen LogP contribution < -0.4 is 0 Å². The molecule has 1 aliphatic rings. The number of alkyl halides is 1. The molecule has 1 unspecified atom stereocenters. The van der Waals surface area contributed by atoms with Gasteiger partial charge in [-0.3, -0.25) is 0 Å². The van der Waals surface area contributed by atoms with Crippen molar-refractivity contribution in [2.45, 2.75) is 18.9 Å². The number of halogens is 1. The van der Waals surface area contributed by atoms with E-state index in [0.717, 1.165) is 16.8 Å². The molecule has 0 aromatic carbocycles. The van der Waals surface area contributed by atoms with Crippen LogP contribution in [0.1, 0.15) is 12.8 Å². The molecular formula is C10H19ClNO+. The Morgan fingerprint density at radius 2 is 2.38 bits per heavy atom. The smallest absolute Gasteiger partial charge is 0.146 e. The Morgan fingerprint density at radius 1 is 1.69 bits per heavy atom. The predicted molar refractivity (Wildman–Crippen MR) is 55.8 cm³/mol. The van der Waals surface area contributed by atoms with E-state index < -0.39 is 0 Å². The normalized spacial score (nSPS) is 33.3. The quantitative estimate of drug-likeness (QED) is 0.387. The largest absolute Gasteiger partial charge is 0.495 e. The van der Waals surface area contributed by atoms with Crippen LogP contribution in [0.3, 0.4) is 0 Å². The Hall–Kier alpha value is -0.210. The molecule has 1 saturated heterocycles. The highest BCUT2D eigenvalue weighted by molar-refractivity contribution is 6.17. The van der Waals surface area contributed by atoms with Gasteiger partial charge in [0.25, 0.3) is 0 Å². The second-order valence-electron chi connectivity index (χ2n) is 3.94. The van der Waals surface area contributed by atoms with Crippen molar-refractivity contribution < 1.29 is 9.22 Å². The molecular weight excluding hydrogens is 186 g/mol. The lowest BCUT2D eigenvalue weighted by atomic mass is 10.2. The topological polar surface area (TPSA) is 9.23 Å². The molecule has 3 heteroatoms. The van der Waals surface area contributed by atoms with Crippen molar-refractivity contribution in [2.75, 3.05) is 33.1 Å². The molecule has 0 aromatic heterocycles. The van der Waals surface area contributed by atoms with Gasteiger partial charge in [0.2, 0.25) is 0 Å². The fourth-order valence-electron chi connectivity index (χ4n) is 2.22. The zero-order valence-corrected chi connectivity index (χ0v) is 9.31. The number of rotatable bonds is 4. The van der Waals surface area contributed by atoms with E-state index in [1.54, 1.807) is 7.11 Å². The second kappa shape index (κ2) is 4.34. The van der Waals surface area contributed by atoms with E-state index >= 15 is 0 Å². The van der Waals surface area contributed by atoms with Crippen molar-refractivity contribution in [1.82, 2.24) is 0 Å². The van der Waals surface area contributed by atoms with E-state index in [4.69, 9.17) is 16.3 Å². The predicted octanol–water partition coefficient (Wildman–Crippen LogP) is 1.99. The molecule has 0 saturated carbocycles. The molecule has 13 heavy (non-hydrogen) atoms. The summed E-state index contributed by atoms with van der Waals surface area (Å²) in [7, 11) is 3.94. The number of nitrogens with zero attached hydrogens (tertiary/aromatic N) is 1. The molecule has 2 atom stereocenters. The number of hydrogen-bond acceptors (Lipinski definition) is 1. The lowest BCUT2D eigenvalue weighted by Crippen LogP contribution is -2.50. The molecule has 0 amide bonds. The first kappa shape index (κ1) is 10.9. The van der Waals surface area contributed by atoms with E-state index in [0.29, 0.717) is 11.9 Å². The van der Waals surface area contributed by atoms with Crippen LogP contribution in [0.2, 0.25) is 0 Å². The van der Waals surface area contributed by atoms with Crippen LogP contribution in [0.4, 0.5) is 0 Å². The summed E-state index contributed by atoms with van der Waals surface area (Å²) >= 11 is 5.80. The number of likely N-dealkylation sites (tertiary alicyclic amines) is 1. The number of methoxy groups -OCH3 is 1. The van der Waals surface area contributed by atoms with Crippen molar-refractivity contribution >= 4 is 11.6 Å². The minimum atomic E-state index is 0.448. The number of ether oxygens (including phenoxy) is 1. The average Bonchev–Trinajstić information content (AvgIpc) is 2.47. The lowest BCUT2D eigenvalue weighted by Gasteiger charge is -2.35. The maximum Gasteiger partial charge on any atom is 0.146 e. The zero-order valence-electron chi connectivity index (χ0n) is 8.55. The van der Waals surface area contributed by atoms with Crippen LogP contribution >= 0.6 is 11.6 Å². The maximum atomic E-state index is 5.80. The minimum absolute atomic E-state index is 0.448. The van der Waals surface area contributed by atoms with Crippen LogP contribution in [0.5, 0.6) is 0 Å². The van der Waals surface area contributed by atoms with Crippen LogP contribution in [-0.4, -0.2) is 43.7 Å². The molecule has 0 aliphatic carbocycles. The van der Waals surface area contributed by atoms with Gasteiger partial charge in [0, 0.05) is 12.8 Å². The van der Waals surface area contributed by atoms with Crippen LogP contribution in [0, 0.1) is 0 Å². The van der Waals surface area contributed by atoms with Gasteiger partial charge in [-0.15, -0.1) is 11.6 Å². The fraction of sp³-hybridized carbons (Fsp3) is 0.800. The first-order chi connectivity index (χ1) is 6.14. The first-order valence-electron chi connectivity index (χ1n) is 4.77. The number of quaternary nitrogens is 1. The summed E-state index contributed by atoms with van der Waals surface area (Å²) in [4.78, 5) is 0. The van der Waals surface area contributed by atoms with Crippen molar-refractivity contribution in [1.29, 1.82) is 0 Å². The highest BCUT2D eigenvalue weighted by atomic mass is 35.5. The van der Waals surface area contributed by atoms with Gasteiger partial charge in [0.1, 0.15) is 11.8 Å². The SMILES string of the molecule is C=C(OC)[C@@H]1CCC[N+]1(C)CCCl.